The lowest BCUT2D eigenvalue weighted by atomic mass is 9.89. The first-order chi connectivity index (χ1) is 12.2. The van der Waals surface area contributed by atoms with Gasteiger partial charge in [-0.05, 0) is 54.9 Å². The summed E-state index contributed by atoms with van der Waals surface area (Å²) in [7, 11) is 0. The topological polar surface area (TPSA) is 61.4 Å². The van der Waals surface area contributed by atoms with E-state index >= 15 is 0 Å². The zero-order valence-electron chi connectivity index (χ0n) is 14.7. The third-order valence-corrected chi connectivity index (χ3v) is 4.91. The van der Waals surface area contributed by atoms with Crippen LogP contribution in [0.15, 0.2) is 48.5 Å². The molecule has 0 aromatic heterocycles. The molecule has 0 saturated heterocycles. The molecule has 2 atom stereocenters. The number of rotatable bonds is 5. The first-order valence-electron chi connectivity index (χ1n) is 9.02. The Hall–Kier alpha value is -2.33. The lowest BCUT2D eigenvalue weighted by Gasteiger charge is -2.22. The minimum Gasteiger partial charge on any atom is -0.394 e. The van der Waals surface area contributed by atoms with Gasteiger partial charge in [-0.3, -0.25) is 0 Å². The van der Waals surface area contributed by atoms with E-state index in [0.717, 1.165) is 24.0 Å². The number of carbonyl (C=O) groups is 1. The summed E-state index contributed by atoms with van der Waals surface area (Å²) >= 11 is 0. The predicted octanol–water partition coefficient (Wildman–Crippen LogP) is 3.66. The zero-order valence-corrected chi connectivity index (χ0v) is 14.7. The van der Waals surface area contributed by atoms with E-state index in [0.29, 0.717) is 0 Å². The molecule has 2 aromatic carbocycles. The molecule has 2 aromatic rings. The summed E-state index contributed by atoms with van der Waals surface area (Å²) in [6.07, 6.45) is 4.80. The molecule has 1 aliphatic rings. The van der Waals surface area contributed by atoms with E-state index in [1.807, 2.05) is 37.3 Å². The average molecular weight is 338 g/mol. The number of aliphatic hydroxyl groups excluding tert-OH is 1. The molecule has 2 amide bonds. The first-order valence-corrected chi connectivity index (χ1v) is 9.02. The molecule has 0 fully saturated rings. The Morgan fingerprint density at radius 3 is 2.44 bits per heavy atom. The van der Waals surface area contributed by atoms with Crippen LogP contribution in [0.1, 0.15) is 54.1 Å². The summed E-state index contributed by atoms with van der Waals surface area (Å²) in [5.41, 5.74) is 4.86. The van der Waals surface area contributed by atoms with E-state index in [1.165, 1.54) is 24.0 Å². The van der Waals surface area contributed by atoms with Gasteiger partial charge in [-0.25, -0.2) is 4.79 Å². The van der Waals surface area contributed by atoms with Crippen molar-refractivity contribution in [3.05, 3.63) is 70.8 Å². The second-order valence-electron chi connectivity index (χ2n) is 6.72. The number of aryl methyl sites for hydroxylation is 2. The number of carbonyl (C=O) groups excluding carboxylic acids is 1. The molecule has 1 aliphatic carbocycles. The highest BCUT2D eigenvalue weighted by Gasteiger charge is 2.17. The van der Waals surface area contributed by atoms with Crippen LogP contribution in [0.3, 0.4) is 0 Å². The van der Waals surface area contributed by atoms with Crippen molar-refractivity contribution in [3.63, 3.8) is 0 Å². The Morgan fingerprint density at radius 1 is 1.00 bits per heavy atom. The van der Waals surface area contributed by atoms with Crippen LogP contribution in [0, 0.1) is 0 Å². The van der Waals surface area contributed by atoms with Crippen molar-refractivity contribution in [2.75, 3.05) is 6.61 Å². The SMILES string of the molecule is CC(NC(=O)NC(CO)c1ccccc1)c1ccc2c(c1)CCCC2. The number of hydrogen-bond donors (Lipinski definition) is 3. The summed E-state index contributed by atoms with van der Waals surface area (Å²) in [6.45, 7) is 1.85. The van der Waals surface area contributed by atoms with Crippen LogP contribution in [-0.2, 0) is 12.8 Å². The van der Waals surface area contributed by atoms with Crippen LogP contribution < -0.4 is 10.6 Å². The second kappa shape index (κ2) is 8.17. The van der Waals surface area contributed by atoms with Crippen LogP contribution in [0.5, 0.6) is 0 Å². The number of amides is 2. The molecule has 0 saturated carbocycles. The van der Waals surface area contributed by atoms with Gasteiger partial charge < -0.3 is 15.7 Å². The quantitative estimate of drug-likeness (QED) is 0.779. The van der Waals surface area contributed by atoms with Crippen LogP contribution in [0.2, 0.25) is 0 Å². The molecule has 132 valence electrons. The van der Waals surface area contributed by atoms with Crippen molar-refractivity contribution >= 4 is 6.03 Å². The molecular weight excluding hydrogens is 312 g/mol. The molecule has 3 rings (SSSR count). The molecule has 0 spiro atoms. The minimum absolute atomic E-state index is 0.0812. The van der Waals surface area contributed by atoms with Crippen molar-refractivity contribution in [2.24, 2.45) is 0 Å². The van der Waals surface area contributed by atoms with E-state index in [9.17, 15) is 9.90 Å². The fourth-order valence-corrected chi connectivity index (χ4v) is 3.42. The number of urea groups is 1. The summed E-state index contributed by atoms with van der Waals surface area (Å²) in [5, 5.41) is 15.4. The average Bonchev–Trinajstić information content (AvgIpc) is 2.66. The van der Waals surface area contributed by atoms with E-state index in [4.69, 9.17) is 0 Å². The highest BCUT2D eigenvalue weighted by Crippen LogP contribution is 2.24. The molecule has 0 heterocycles. The monoisotopic (exact) mass is 338 g/mol. The van der Waals surface area contributed by atoms with Gasteiger partial charge in [0.2, 0.25) is 0 Å². The minimum atomic E-state index is -0.406. The predicted molar refractivity (Wildman–Crippen MR) is 99.4 cm³/mol. The third-order valence-electron chi connectivity index (χ3n) is 4.91. The van der Waals surface area contributed by atoms with Gasteiger partial charge in [-0.15, -0.1) is 0 Å². The second-order valence-corrected chi connectivity index (χ2v) is 6.72. The molecule has 25 heavy (non-hydrogen) atoms. The van der Waals surface area contributed by atoms with Gasteiger partial charge in [0.05, 0.1) is 18.7 Å². The molecule has 2 unspecified atom stereocenters. The van der Waals surface area contributed by atoms with Crippen molar-refractivity contribution in [1.82, 2.24) is 10.6 Å². The van der Waals surface area contributed by atoms with Gasteiger partial charge in [0, 0.05) is 0 Å². The number of benzene rings is 2. The van der Waals surface area contributed by atoms with Gasteiger partial charge in [-0.2, -0.15) is 0 Å². The van der Waals surface area contributed by atoms with Crippen molar-refractivity contribution in [1.29, 1.82) is 0 Å². The molecule has 0 bridgehead atoms. The maximum Gasteiger partial charge on any atom is 0.315 e. The molecule has 0 radical (unpaired) electrons. The molecule has 0 aliphatic heterocycles. The Bertz CT molecular complexity index is 715. The fourth-order valence-electron chi connectivity index (χ4n) is 3.42. The van der Waals surface area contributed by atoms with E-state index in [2.05, 4.69) is 28.8 Å². The van der Waals surface area contributed by atoms with Crippen LogP contribution in [-0.4, -0.2) is 17.7 Å². The van der Waals surface area contributed by atoms with Crippen molar-refractivity contribution in [3.8, 4) is 0 Å². The Balaban J connectivity index is 1.62. The normalized spacial score (nSPS) is 15.8. The van der Waals surface area contributed by atoms with Crippen LogP contribution in [0.4, 0.5) is 4.79 Å². The molecule has 4 heteroatoms. The summed E-state index contributed by atoms with van der Waals surface area (Å²) in [4.78, 5) is 12.3. The fraction of sp³-hybridized carbons (Fsp3) is 0.381. The standard InChI is InChI=1S/C21H26N2O2/c1-15(18-12-11-16-7-5-6-10-19(16)13-18)22-21(25)23-20(14-24)17-8-3-2-4-9-17/h2-4,8-9,11-13,15,20,24H,5-7,10,14H2,1H3,(H2,22,23,25). The van der Waals surface area contributed by atoms with Gasteiger partial charge in [0.1, 0.15) is 0 Å². The maximum absolute atomic E-state index is 12.3. The molecule has 3 N–H and O–H groups in total. The lowest BCUT2D eigenvalue weighted by Crippen LogP contribution is -2.40. The summed E-state index contributed by atoms with van der Waals surface area (Å²) in [5.74, 6) is 0. The number of fused-ring (bicyclic) bond motifs is 1. The van der Waals surface area contributed by atoms with Crippen LogP contribution >= 0.6 is 0 Å². The van der Waals surface area contributed by atoms with Gasteiger partial charge in [0.25, 0.3) is 0 Å². The van der Waals surface area contributed by atoms with E-state index < -0.39 is 6.04 Å². The lowest BCUT2D eigenvalue weighted by molar-refractivity contribution is 0.214. The third kappa shape index (κ3) is 4.40. The smallest absolute Gasteiger partial charge is 0.315 e. The first kappa shape index (κ1) is 17.5. The van der Waals surface area contributed by atoms with Gasteiger partial charge in [-0.1, -0.05) is 48.5 Å². The van der Waals surface area contributed by atoms with Crippen molar-refractivity contribution in [2.45, 2.75) is 44.7 Å². The number of nitrogens with one attached hydrogen (secondary N) is 2. The van der Waals surface area contributed by atoms with E-state index in [1.54, 1.807) is 0 Å². The largest absolute Gasteiger partial charge is 0.394 e. The Labute approximate surface area is 149 Å². The van der Waals surface area contributed by atoms with Crippen molar-refractivity contribution < 1.29 is 9.90 Å². The Morgan fingerprint density at radius 2 is 1.72 bits per heavy atom. The highest BCUT2D eigenvalue weighted by molar-refractivity contribution is 5.75. The van der Waals surface area contributed by atoms with Gasteiger partial charge in [0.15, 0.2) is 0 Å². The zero-order chi connectivity index (χ0) is 17.6. The molecule has 4 nitrogen and oxygen atoms in total. The van der Waals surface area contributed by atoms with Crippen LogP contribution in [0.25, 0.3) is 0 Å². The number of hydrogen-bond acceptors (Lipinski definition) is 2. The van der Waals surface area contributed by atoms with Gasteiger partial charge >= 0.3 is 6.03 Å². The maximum atomic E-state index is 12.3. The number of aliphatic hydroxyl groups is 1. The molecular formula is C21H26N2O2. The summed E-state index contributed by atoms with van der Waals surface area (Å²) in [6, 6.07) is 15.3. The van der Waals surface area contributed by atoms with E-state index in [-0.39, 0.29) is 18.7 Å². The summed E-state index contributed by atoms with van der Waals surface area (Å²) < 4.78 is 0. The highest BCUT2D eigenvalue weighted by atomic mass is 16.3. The Kier molecular flexibility index (Phi) is 5.71.